The zero-order valence-electron chi connectivity index (χ0n) is 16.5. The summed E-state index contributed by atoms with van der Waals surface area (Å²) in [5.41, 5.74) is -0.308. The molecule has 2 fully saturated rings. The van der Waals surface area contributed by atoms with Crippen molar-refractivity contribution in [3.8, 4) is 0 Å². The van der Waals surface area contributed by atoms with Crippen LogP contribution in [0.25, 0.3) is 0 Å². The highest BCUT2D eigenvalue weighted by molar-refractivity contribution is 8.14. The van der Waals surface area contributed by atoms with Gasteiger partial charge in [0, 0.05) is 31.4 Å². The van der Waals surface area contributed by atoms with E-state index in [1.165, 1.54) is 31.1 Å². The average molecular weight is 445 g/mol. The molecule has 160 valence electrons. The lowest BCUT2D eigenvalue weighted by Gasteiger charge is -2.34. The van der Waals surface area contributed by atoms with Gasteiger partial charge in [0.05, 0.1) is 16.7 Å². The number of nitro groups is 1. The number of anilines is 1. The van der Waals surface area contributed by atoms with Gasteiger partial charge in [0.1, 0.15) is 12.0 Å². The number of carbonyl (C=O) groups excluding carboxylic acids is 1. The minimum atomic E-state index is -0.653. The van der Waals surface area contributed by atoms with E-state index in [0.717, 1.165) is 36.2 Å². The molecule has 1 aromatic rings. The third kappa shape index (κ3) is 5.19. The van der Waals surface area contributed by atoms with E-state index in [2.05, 4.69) is 0 Å². The molecule has 1 unspecified atom stereocenters. The molecule has 0 bridgehead atoms. The molecule has 0 N–H and O–H groups in total. The number of rotatable bonds is 5. The number of amidine groups is 1. The lowest BCUT2D eigenvalue weighted by atomic mass is 9.96. The van der Waals surface area contributed by atoms with Gasteiger partial charge in [0.25, 0.3) is 5.69 Å². The predicted octanol–water partition coefficient (Wildman–Crippen LogP) is 4.59. The van der Waals surface area contributed by atoms with Crippen molar-refractivity contribution in [2.45, 2.75) is 58.2 Å². The summed E-state index contributed by atoms with van der Waals surface area (Å²) in [7, 11) is 0. The molecule has 29 heavy (non-hydrogen) atoms. The second-order valence-corrected chi connectivity index (χ2v) is 8.05. The number of nitro benzene ring substituents is 1. The van der Waals surface area contributed by atoms with Gasteiger partial charge in [-0.05, 0) is 25.8 Å². The minimum Gasteiger partial charge on any atom is -0.330 e. The van der Waals surface area contributed by atoms with E-state index in [4.69, 9.17) is 4.99 Å². The first kappa shape index (κ1) is 23.4. The Kier molecular flexibility index (Phi) is 8.27. The van der Waals surface area contributed by atoms with E-state index < -0.39 is 16.9 Å². The van der Waals surface area contributed by atoms with Crippen LogP contribution in [0.15, 0.2) is 23.2 Å². The molecule has 1 heterocycles. The molecule has 1 saturated carbocycles. The highest BCUT2D eigenvalue weighted by atomic mass is 35.5. The van der Waals surface area contributed by atoms with E-state index in [0.29, 0.717) is 18.3 Å². The molecule has 0 aromatic heterocycles. The first-order chi connectivity index (χ1) is 13.4. The first-order valence-corrected chi connectivity index (χ1v) is 10.6. The van der Waals surface area contributed by atoms with Crippen molar-refractivity contribution < 1.29 is 14.1 Å². The third-order valence-corrected chi connectivity index (χ3v) is 6.28. The van der Waals surface area contributed by atoms with Crippen LogP contribution in [-0.4, -0.2) is 45.4 Å². The maximum atomic E-state index is 14.5. The molecule has 1 saturated heterocycles. The summed E-state index contributed by atoms with van der Waals surface area (Å²) in [6.07, 6.45) is 5.33. The number of carbonyl (C=O) groups is 1. The molecule has 0 spiro atoms. The molecule has 10 heteroatoms. The topological polar surface area (TPSA) is 79.0 Å². The molecule has 2 aliphatic rings. The summed E-state index contributed by atoms with van der Waals surface area (Å²) in [6.45, 7) is 3.94. The zero-order chi connectivity index (χ0) is 20.3. The van der Waals surface area contributed by atoms with Crippen LogP contribution in [0, 0.1) is 15.9 Å². The van der Waals surface area contributed by atoms with Crippen LogP contribution >= 0.6 is 24.2 Å². The molecule has 1 aromatic carbocycles. The van der Waals surface area contributed by atoms with Crippen LogP contribution in [0.2, 0.25) is 0 Å². The summed E-state index contributed by atoms with van der Waals surface area (Å²) in [6, 6.07) is 3.57. The van der Waals surface area contributed by atoms with E-state index in [1.54, 1.807) is 11.8 Å². The molecule has 1 atom stereocenters. The first-order valence-electron chi connectivity index (χ1n) is 9.63. The number of thioether (sulfide) groups is 1. The highest BCUT2D eigenvalue weighted by Crippen LogP contribution is 2.34. The van der Waals surface area contributed by atoms with Gasteiger partial charge in [-0.1, -0.05) is 31.0 Å². The SMILES string of the molecule is CCN1C(=NC2CCCCC2)SCC1N(C(C)=O)c1cc([N+](=O)[O-])ccc1F.Cl. The Morgan fingerprint density at radius 2 is 2.07 bits per heavy atom. The van der Waals surface area contributed by atoms with Crippen molar-refractivity contribution in [2.75, 3.05) is 17.2 Å². The van der Waals surface area contributed by atoms with Crippen LogP contribution in [0.5, 0.6) is 0 Å². The van der Waals surface area contributed by atoms with Gasteiger partial charge >= 0.3 is 0 Å². The number of aliphatic imine (C=N–C) groups is 1. The lowest BCUT2D eigenvalue weighted by molar-refractivity contribution is -0.384. The van der Waals surface area contributed by atoms with Crippen LogP contribution in [0.3, 0.4) is 0 Å². The Labute approximate surface area is 180 Å². The van der Waals surface area contributed by atoms with Crippen LogP contribution < -0.4 is 4.90 Å². The zero-order valence-corrected chi connectivity index (χ0v) is 18.2. The second kappa shape index (κ2) is 10.2. The fraction of sp³-hybridized carbons (Fsp3) is 0.579. The molecule has 1 amide bonds. The molecule has 7 nitrogen and oxygen atoms in total. The molecule has 3 rings (SSSR count). The summed E-state index contributed by atoms with van der Waals surface area (Å²) >= 11 is 1.56. The maximum absolute atomic E-state index is 14.5. The summed E-state index contributed by atoms with van der Waals surface area (Å²) in [4.78, 5) is 31.2. The monoisotopic (exact) mass is 444 g/mol. The normalized spacial score (nSPS) is 21.1. The van der Waals surface area contributed by atoms with Crippen molar-refractivity contribution in [2.24, 2.45) is 4.99 Å². The molecule has 1 aliphatic heterocycles. The standard InChI is InChI=1S/C19H25FN4O3S.ClH/c1-3-22-18(12-28-19(22)21-14-7-5-4-6-8-14)23(13(2)25)17-11-15(24(26)27)9-10-16(17)20;/h9-11,14,18H,3-8,12H2,1-2H3;1H. The minimum absolute atomic E-state index is 0. The van der Waals surface area contributed by atoms with Crippen molar-refractivity contribution >= 4 is 46.6 Å². The Hall–Kier alpha value is -1.87. The number of nitrogens with zero attached hydrogens (tertiary/aromatic N) is 4. The predicted molar refractivity (Wildman–Crippen MR) is 116 cm³/mol. The number of benzene rings is 1. The van der Waals surface area contributed by atoms with Crippen LogP contribution in [0.1, 0.15) is 46.0 Å². The molecule has 0 radical (unpaired) electrons. The van der Waals surface area contributed by atoms with Crippen molar-refractivity contribution in [1.29, 1.82) is 0 Å². The van der Waals surface area contributed by atoms with E-state index in [-0.39, 0.29) is 29.7 Å². The second-order valence-electron chi connectivity index (χ2n) is 7.06. The molecular weight excluding hydrogens is 419 g/mol. The van der Waals surface area contributed by atoms with Gasteiger partial charge in [-0.2, -0.15) is 0 Å². The van der Waals surface area contributed by atoms with Crippen LogP contribution in [0.4, 0.5) is 15.8 Å². The Morgan fingerprint density at radius 3 is 2.66 bits per heavy atom. The van der Waals surface area contributed by atoms with Crippen LogP contribution in [-0.2, 0) is 4.79 Å². The highest BCUT2D eigenvalue weighted by Gasteiger charge is 2.37. The quantitative estimate of drug-likeness (QED) is 0.490. The van der Waals surface area contributed by atoms with Gasteiger partial charge in [-0.3, -0.25) is 24.8 Å². The van der Waals surface area contributed by atoms with Gasteiger partial charge < -0.3 is 4.90 Å². The van der Waals surface area contributed by atoms with Crippen molar-refractivity contribution in [3.05, 3.63) is 34.1 Å². The van der Waals surface area contributed by atoms with Gasteiger partial charge in [0.2, 0.25) is 5.91 Å². The molecule has 1 aliphatic carbocycles. The van der Waals surface area contributed by atoms with Crippen molar-refractivity contribution in [1.82, 2.24) is 4.90 Å². The summed E-state index contributed by atoms with van der Waals surface area (Å²) in [5, 5.41) is 12.0. The van der Waals surface area contributed by atoms with E-state index >= 15 is 0 Å². The number of amides is 1. The average Bonchev–Trinajstić information content (AvgIpc) is 3.06. The Bertz CT molecular complexity index is 789. The van der Waals surface area contributed by atoms with Gasteiger partial charge in [-0.15, -0.1) is 12.4 Å². The summed E-state index contributed by atoms with van der Waals surface area (Å²) < 4.78 is 14.5. The fourth-order valence-corrected chi connectivity index (χ4v) is 5.09. The van der Waals surface area contributed by atoms with E-state index in [1.807, 2.05) is 11.8 Å². The number of hydrogen-bond acceptors (Lipinski definition) is 5. The Morgan fingerprint density at radius 1 is 1.38 bits per heavy atom. The molecular formula is C19H26ClFN4O3S. The third-order valence-electron chi connectivity index (χ3n) is 5.21. The van der Waals surface area contributed by atoms with Gasteiger partial charge in [-0.25, -0.2) is 4.39 Å². The fourth-order valence-electron chi connectivity index (χ4n) is 3.83. The largest absolute Gasteiger partial charge is 0.330 e. The van der Waals surface area contributed by atoms with Crippen molar-refractivity contribution in [3.63, 3.8) is 0 Å². The smallest absolute Gasteiger partial charge is 0.271 e. The summed E-state index contributed by atoms with van der Waals surface area (Å²) in [5.74, 6) is -0.469. The van der Waals surface area contributed by atoms with E-state index in [9.17, 15) is 19.3 Å². The maximum Gasteiger partial charge on any atom is 0.271 e. The Balaban J connectivity index is 0.00000300. The number of halogens is 2. The lowest BCUT2D eigenvalue weighted by Crippen LogP contribution is -2.50. The van der Waals surface area contributed by atoms with Gasteiger partial charge in [0.15, 0.2) is 5.17 Å². The number of non-ortho nitro benzene ring substituents is 1. The number of hydrogen-bond donors (Lipinski definition) is 0.